The van der Waals surface area contributed by atoms with Crippen molar-refractivity contribution in [3.63, 3.8) is 0 Å². The minimum atomic E-state index is -5.08. The Hall–Kier alpha value is -3.61. The second-order valence-corrected chi connectivity index (χ2v) is 9.80. The molecule has 234 valence electrons. The van der Waals surface area contributed by atoms with Gasteiger partial charge in [0.25, 0.3) is 5.92 Å². The number of nitrogens with one attached hydrogen (secondary N) is 1. The highest BCUT2D eigenvalue weighted by molar-refractivity contribution is 5.73. The van der Waals surface area contributed by atoms with Crippen LogP contribution < -0.4 is 4.90 Å². The lowest BCUT2D eigenvalue weighted by Crippen LogP contribution is -2.43. The smallest absolute Gasteiger partial charge is 0.475 e. The number of ether oxygens (including phenoxy) is 1. The summed E-state index contributed by atoms with van der Waals surface area (Å²) in [7, 11) is 0. The number of alkyl halides is 8. The normalized spacial score (nSPS) is 22.0. The van der Waals surface area contributed by atoms with E-state index >= 15 is 0 Å². The molecule has 2 aromatic rings. The van der Waals surface area contributed by atoms with E-state index in [1.54, 1.807) is 6.33 Å². The van der Waals surface area contributed by atoms with Crippen molar-refractivity contribution in [2.45, 2.75) is 56.1 Å². The molecule has 1 unspecified atom stereocenters. The largest absolute Gasteiger partial charge is 0.490 e. The SMILES string of the molecule is FC1(F)CCN(c2ncc3c(n2)C2(CCN(Cc4cnc[nH]4)C2)COC3)CC1.O=C(O)C(F)(F)F.O=C(O)C(F)(F)F. The fourth-order valence-electron chi connectivity index (χ4n) is 4.59. The number of nitrogens with zero attached hydrogens (tertiary/aromatic N) is 5. The van der Waals surface area contributed by atoms with Gasteiger partial charge in [0.05, 0.1) is 30.7 Å². The summed E-state index contributed by atoms with van der Waals surface area (Å²) < 4.78 is 96.4. The molecule has 11 nitrogen and oxygen atoms in total. The number of fused-ring (bicyclic) bond motifs is 2. The highest BCUT2D eigenvalue weighted by Gasteiger charge is 2.45. The van der Waals surface area contributed by atoms with Crippen LogP contribution in [0.15, 0.2) is 18.7 Å². The quantitative estimate of drug-likeness (QED) is 0.438. The van der Waals surface area contributed by atoms with Crippen molar-refractivity contribution in [1.29, 1.82) is 0 Å². The Morgan fingerprint density at radius 1 is 0.976 bits per heavy atom. The van der Waals surface area contributed by atoms with Gasteiger partial charge in [0.15, 0.2) is 0 Å². The molecule has 0 saturated carbocycles. The lowest BCUT2D eigenvalue weighted by Gasteiger charge is -2.36. The number of piperidine rings is 1. The number of anilines is 1. The standard InChI is InChI=1S/C19H24F2N6O.2C2HF3O2/c20-19(21)2-5-27(6-3-19)17-23-7-14-10-28-12-18(16(14)25-17)1-4-26(11-18)9-15-8-22-13-24-15;2*3-2(4,5)1(6)7/h7-8,13H,1-6,9-12H2,(H,22,24);2*(H,6,7). The predicted molar refractivity (Wildman–Crippen MR) is 126 cm³/mol. The fourth-order valence-corrected chi connectivity index (χ4v) is 4.59. The van der Waals surface area contributed by atoms with Gasteiger partial charge in [-0.3, -0.25) is 4.90 Å². The van der Waals surface area contributed by atoms with Crippen LogP contribution in [0.3, 0.4) is 0 Å². The van der Waals surface area contributed by atoms with Crippen LogP contribution in [0.5, 0.6) is 0 Å². The summed E-state index contributed by atoms with van der Waals surface area (Å²) >= 11 is 0. The second-order valence-electron chi connectivity index (χ2n) is 9.80. The molecule has 42 heavy (non-hydrogen) atoms. The van der Waals surface area contributed by atoms with E-state index in [0.717, 1.165) is 43.0 Å². The van der Waals surface area contributed by atoms with Gasteiger partial charge in [-0.05, 0) is 13.0 Å². The molecule has 3 N–H and O–H groups in total. The molecular weight excluding hydrogens is 592 g/mol. The predicted octanol–water partition coefficient (Wildman–Crippen LogP) is 3.38. The minimum absolute atomic E-state index is 0.139. The van der Waals surface area contributed by atoms with Crippen LogP contribution >= 0.6 is 0 Å². The average molecular weight is 618 g/mol. The lowest BCUT2D eigenvalue weighted by molar-refractivity contribution is -0.193. The first-order valence-electron chi connectivity index (χ1n) is 12.3. The maximum Gasteiger partial charge on any atom is 0.490 e. The molecule has 3 aliphatic rings. The first-order valence-corrected chi connectivity index (χ1v) is 12.3. The van der Waals surface area contributed by atoms with Crippen LogP contribution in [0.25, 0.3) is 0 Å². The molecule has 19 heteroatoms. The molecule has 2 saturated heterocycles. The molecule has 0 radical (unpaired) electrons. The van der Waals surface area contributed by atoms with E-state index in [0.29, 0.717) is 32.3 Å². The number of carboxylic acids is 2. The Morgan fingerprint density at radius 2 is 1.57 bits per heavy atom. The average Bonchev–Trinajstić information content (AvgIpc) is 3.55. The van der Waals surface area contributed by atoms with Gasteiger partial charge in [0.2, 0.25) is 5.95 Å². The van der Waals surface area contributed by atoms with Crippen LogP contribution in [-0.2, 0) is 32.9 Å². The maximum atomic E-state index is 13.5. The van der Waals surface area contributed by atoms with Gasteiger partial charge >= 0.3 is 24.3 Å². The third-order valence-electron chi connectivity index (χ3n) is 6.63. The number of likely N-dealkylation sites (tertiary alicyclic amines) is 1. The van der Waals surface area contributed by atoms with E-state index in [-0.39, 0.29) is 18.3 Å². The number of carbonyl (C=O) groups is 2. The Bertz CT molecular complexity index is 1190. The molecule has 3 aliphatic heterocycles. The summed E-state index contributed by atoms with van der Waals surface area (Å²) in [4.78, 5) is 38.7. The van der Waals surface area contributed by atoms with Gasteiger partial charge in [-0.15, -0.1) is 0 Å². The van der Waals surface area contributed by atoms with Crippen LogP contribution in [0, 0.1) is 0 Å². The molecule has 0 aromatic carbocycles. The van der Waals surface area contributed by atoms with Gasteiger partial charge in [-0.1, -0.05) is 0 Å². The molecule has 5 heterocycles. The number of aliphatic carboxylic acids is 2. The number of aromatic amines is 1. The van der Waals surface area contributed by atoms with Crippen LogP contribution in [0.1, 0.15) is 36.2 Å². The summed E-state index contributed by atoms with van der Waals surface area (Å²) in [6.07, 6.45) is -4.12. The third-order valence-corrected chi connectivity index (χ3v) is 6.63. The van der Waals surface area contributed by atoms with Crippen LogP contribution in [0.4, 0.5) is 41.1 Å². The Balaban J connectivity index is 0.000000289. The third kappa shape index (κ3) is 8.70. The number of H-pyrrole nitrogens is 1. The first kappa shape index (κ1) is 32.9. The molecular formula is C23H26F8N6O5. The first-order chi connectivity index (χ1) is 19.4. The van der Waals surface area contributed by atoms with E-state index < -0.39 is 30.2 Å². The molecule has 0 amide bonds. The molecule has 2 fully saturated rings. The fraction of sp³-hybridized carbons (Fsp3) is 0.609. The van der Waals surface area contributed by atoms with Gasteiger partial charge in [-0.2, -0.15) is 26.3 Å². The summed E-state index contributed by atoms with van der Waals surface area (Å²) in [5, 5.41) is 14.2. The van der Waals surface area contributed by atoms with Crippen LogP contribution in [0.2, 0.25) is 0 Å². The molecule has 1 spiro atoms. The van der Waals surface area contributed by atoms with E-state index in [1.165, 1.54) is 0 Å². The van der Waals surface area contributed by atoms with Crippen LogP contribution in [-0.4, -0.2) is 98.0 Å². The summed E-state index contributed by atoms with van der Waals surface area (Å²) in [6.45, 7) is 4.35. The highest BCUT2D eigenvalue weighted by Crippen LogP contribution is 2.40. The van der Waals surface area contributed by atoms with Crippen molar-refractivity contribution in [2.24, 2.45) is 0 Å². The topological polar surface area (TPSA) is 145 Å². The monoisotopic (exact) mass is 618 g/mol. The molecule has 0 bridgehead atoms. The number of hydrogen-bond acceptors (Lipinski definition) is 8. The number of rotatable bonds is 3. The molecule has 2 aromatic heterocycles. The summed E-state index contributed by atoms with van der Waals surface area (Å²) in [5.74, 6) is -7.51. The zero-order chi connectivity index (χ0) is 31.3. The zero-order valence-electron chi connectivity index (χ0n) is 21.7. The van der Waals surface area contributed by atoms with Crippen molar-refractivity contribution in [3.8, 4) is 0 Å². The second kappa shape index (κ2) is 12.7. The molecule has 1 atom stereocenters. The van der Waals surface area contributed by atoms with E-state index in [1.807, 2.05) is 17.3 Å². The zero-order valence-corrected chi connectivity index (χ0v) is 21.7. The molecule has 0 aliphatic carbocycles. The van der Waals surface area contributed by atoms with E-state index in [9.17, 15) is 35.1 Å². The Labute approximate surface area is 232 Å². The van der Waals surface area contributed by atoms with Crippen molar-refractivity contribution in [2.75, 3.05) is 37.7 Å². The number of hydrogen-bond donors (Lipinski definition) is 3. The summed E-state index contributed by atoms with van der Waals surface area (Å²) in [6, 6.07) is 0. The Morgan fingerprint density at radius 3 is 2.10 bits per heavy atom. The van der Waals surface area contributed by atoms with Crippen molar-refractivity contribution >= 4 is 17.9 Å². The van der Waals surface area contributed by atoms with Gasteiger partial charge in [0.1, 0.15) is 0 Å². The van der Waals surface area contributed by atoms with E-state index in [2.05, 4.69) is 19.9 Å². The highest BCUT2D eigenvalue weighted by atomic mass is 19.4. The molecule has 5 rings (SSSR count). The summed E-state index contributed by atoms with van der Waals surface area (Å²) in [5.41, 5.74) is 2.98. The number of imidazole rings is 1. The van der Waals surface area contributed by atoms with Crippen molar-refractivity contribution in [3.05, 3.63) is 35.7 Å². The number of halogens is 8. The lowest BCUT2D eigenvalue weighted by atomic mass is 9.80. The van der Waals surface area contributed by atoms with E-state index in [4.69, 9.17) is 29.5 Å². The van der Waals surface area contributed by atoms with Gasteiger partial charge < -0.3 is 24.8 Å². The number of aromatic nitrogens is 4. The van der Waals surface area contributed by atoms with Gasteiger partial charge in [0, 0.05) is 62.7 Å². The maximum absolute atomic E-state index is 13.5. The Kier molecular flexibility index (Phi) is 9.96. The van der Waals surface area contributed by atoms with Crippen molar-refractivity contribution < 1.29 is 59.7 Å². The van der Waals surface area contributed by atoms with Crippen molar-refractivity contribution in [1.82, 2.24) is 24.8 Å². The van der Waals surface area contributed by atoms with Gasteiger partial charge in [-0.25, -0.2) is 33.3 Å². The minimum Gasteiger partial charge on any atom is -0.475 e. The number of carboxylic acid groups (broad SMARTS) is 2.